The van der Waals surface area contributed by atoms with Crippen molar-refractivity contribution in [3.8, 4) is 0 Å². The summed E-state index contributed by atoms with van der Waals surface area (Å²) in [5, 5.41) is 0. The number of aliphatic imine (C=N–C) groups is 1. The highest BCUT2D eigenvalue weighted by Gasteiger charge is 2.35. The average Bonchev–Trinajstić information content (AvgIpc) is 2.52. The normalized spacial score (nSPS) is 20.2. The zero-order valence-electron chi connectivity index (χ0n) is 9.40. The molecule has 1 aliphatic heterocycles. The van der Waals surface area contributed by atoms with Crippen LogP contribution in [0.25, 0.3) is 0 Å². The lowest BCUT2D eigenvalue weighted by molar-refractivity contribution is -0.137. The second kappa shape index (κ2) is 4.01. The maximum absolute atomic E-state index is 12.6. The summed E-state index contributed by atoms with van der Waals surface area (Å²) in [5.41, 5.74) is 5.07. The number of hydrogen-bond donors (Lipinski definition) is 1. The molecule has 0 aliphatic carbocycles. The molecule has 2 N–H and O–H groups in total. The third-order valence-electron chi connectivity index (χ3n) is 2.72. The second-order valence-corrected chi connectivity index (χ2v) is 3.96. The van der Waals surface area contributed by atoms with Crippen molar-refractivity contribution in [2.75, 3.05) is 7.05 Å². The molecule has 2 amide bonds. The molecule has 2 rings (SSSR count). The van der Waals surface area contributed by atoms with Gasteiger partial charge in [0.1, 0.15) is 11.9 Å². The minimum absolute atomic E-state index is 0.00169. The summed E-state index contributed by atoms with van der Waals surface area (Å²) < 4.78 is 37.8. The first-order chi connectivity index (χ1) is 8.30. The summed E-state index contributed by atoms with van der Waals surface area (Å²) in [5.74, 6) is 0.00169. The second-order valence-electron chi connectivity index (χ2n) is 3.96. The molecule has 0 saturated carbocycles. The minimum atomic E-state index is -4.43. The molecule has 1 aliphatic rings. The standard InChI is InChI=1S/C11H10F3N3O/c1-17-8(9(15)16-10(17)18)6-3-2-4-7(5-6)11(12,13)14/h2-5,8H,1H3,(H2,15,16,18). The Morgan fingerprint density at radius 1 is 1.39 bits per heavy atom. The van der Waals surface area contributed by atoms with E-state index in [2.05, 4.69) is 4.99 Å². The first-order valence-corrected chi connectivity index (χ1v) is 5.08. The summed E-state index contributed by atoms with van der Waals surface area (Å²) in [7, 11) is 1.44. The van der Waals surface area contributed by atoms with E-state index in [1.54, 1.807) is 0 Å². The van der Waals surface area contributed by atoms with Crippen LogP contribution >= 0.6 is 0 Å². The Balaban J connectivity index is 2.41. The van der Waals surface area contributed by atoms with Gasteiger partial charge in [0.25, 0.3) is 0 Å². The van der Waals surface area contributed by atoms with Gasteiger partial charge in [0, 0.05) is 7.05 Å². The van der Waals surface area contributed by atoms with Crippen molar-refractivity contribution in [3.05, 3.63) is 35.4 Å². The van der Waals surface area contributed by atoms with E-state index in [0.717, 1.165) is 12.1 Å². The quantitative estimate of drug-likeness (QED) is 0.838. The Morgan fingerprint density at radius 3 is 2.56 bits per heavy atom. The van der Waals surface area contributed by atoms with Gasteiger partial charge in [-0.25, -0.2) is 4.79 Å². The fourth-order valence-electron chi connectivity index (χ4n) is 1.84. The van der Waals surface area contributed by atoms with E-state index < -0.39 is 23.8 Å². The summed E-state index contributed by atoms with van der Waals surface area (Å²) >= 11 is 0. The number of nitrogens with zero attached hydrogens (tertiary/aromatic N) is 2. The molecular formula is C11H10F3N3O. The number of carbonyl (C=O) groups is 1. The first-order valence-electron chi connectivity index (χ1n) is 5.08. The molecule has 1 aromatic carbocycles. The van der Waals surface area contributed by atoms with Crippen LogP contribution in [-0.4, -0.2) is 23.8 Å². The Labute approximate surface area is 101 Å². The van der Waals surface area contributed by atoms with Crippen molar-refractivity contribution in [2.24, 2.45) is 10.7 Å². The van der Waals surface area contributed by atoms with Gasteiger partial charge in [0.05, 0.1) is 5.56 Å². The molecular weight excluding hydrogens is 247 g/mol. The highest BCUT2D eigenvalue weighted by atomic mass is 19.4. The molecule has 4 nitrogen and oxygen atoms in total. The maximum atomic E-state index is 12.6. The fourth-order valence-corrected chi connectivity index (χ4v) is 1.84. The highest BCUT2D eigenvalue weighted by Crippen LogP contribution is 2.32. The van der Waals surface area contributed by atoms with Crippen molar-refractivity contribution < 1.29 is 18.0 Å². The largest absolute Gasteiger partial charge is 0.416 e. The Kier molecular flexibility index (Phi) is 2.76. The Morgan fingerprint density at radius 2 is 2.06 bits per heavy atom. The van der Waals surface area contributed by atoms with Crippen LogP contribution in [0.4, 0.5) is 18.0 Å². The predicted octanol–water partition coefficient (Wildman–Crippen LogP) is 2.17. The van der Waals surface area contributed by atoms with Gasteiger partial charge in [-0.05, 0) is 17.7 Å². The number of halogens is 3. The van der Waals surface area contributed by atoms with E-state index >= 15 is 0 Å². The van der Waals surface area contributed by atoms with Gasteiger partial charge in [-0.1, -0.05) is 12.1 Å². The van der Waals surface area contributed by atoms with Crippen molar-refractivity contribution in [1.82, 2.24) is 4.90 Å². The van der Waals surface area contributed by atoms with Gasteiger partial charge in [0.2, 0.25) is 0 Å². The Hall–Kier alpha value is -2.05. The van der Waals surface area contributed by atoms with E-state index in [1.807, 2.05) is 0 Å². The van der Waals surface area contributed by atoms with Crippen LogP contribution in [-0.2, 0) is 6.18 Å². The molecule has 0 bridgehead atoms. The molecule has 1 heterocycles. The lowest BCUT2D eigenvalue weighted by Gasteiger charge is -2.20. The molecule has 7 heteroatoms. The summed E-state index contributed by atoms with van der Waals surface area (Å²) in [6.45, 7) is 0. The average molecular weight is 257 g/mol. The minimum Gasteiger partial charge on any atom is -0.385 e. The zero-order valence-corrected chi connectivity index (χ0v) is 9.40. The number of amides is 2. The molecule has 0 radical (unpaired) electrons. The third kappa shape index (κ3) is 2.03. The van der Waals surface area contributed by atoms with E-state index in [1.165, 1.54) is 24.1 Å². The number of carbonyl (C=O) groups excluding carboxylic acids is 1. The van der Waals surface area contributed by atoms with Crippen molar-refractivity contribution in [1.29, 1.82) is 0 Å². The molecule has 1 aromatic rings. The predicted molar refractivity (Wildman–Crippen MR) is 59.0 cm³/mol. The van der Waals surface area contributed by atoms with Crippen LogP contribution in [0.3, 0.4) is 0 Å². The smallest absolute Gasteiger partial charge is 0.385 e. The number of hydrogen-bond acceptors (Lipinski definition) is 2. The topological polar surface area (TPSA) is 58.7 Å². The SMILES string of the molecule is CN1C(=O)N=C(N)C1c1cccc(C(F)(F)F)c1. The first kappa shape index (κ1) is 12.4. The lowest BCUT2D eigenvalue weighted by atomic mass is 10.0. The maximum Gasteiger partial charge on any atom is 0.416 e. The number of nitrogens with two attached hydrogens (primary N) is 1. The van der Waals surface area contributed by atoms with Crippen LogP contribution < -0.4 is 5.73 Å². The van der Waals surface area contributed by atoms with Crippen molar-refractivity contribution in [2.45, 2.75) is 12.2 Å². The molecule has 18 heavy (non-hydrogen) atoms. The molecule has 0 saturated heterocycles. The monoisotopic (exact) mass is 257 g/mol. The van der Waals surface area contributed by atoms with Crippen LogP contribution in [0.15, 0.2) is 29.3 Å². The van der Waals surface area contributed by atoms with Crippen LogP contribution in [0.1, 0.15) is 17.2 Å². The number of amidine groups is 1. The van der Waals surface area contributed by atoms with Crippen molar-refractivity contribution in [3.63, 3.8) is 0 Å². The zero-order chi connectivity index (χ0) is 13.5. The van der Waals surface area contributed by atoms with Crippen LogP contribution in [0, 0.1) is 0 Å². The summed E-state index contributed by atoms with van der Waals surface area (Å²) in [6, 6.07) is 3.41. The van der Waals surface area contributed by atoms with E-state index in [4.69, 9.17) is 5.73 Å². The summed E-state index contributed by atoms with van der Waals surface area (Å²) in [6.07, 6.45) is -4.43. The van der Waals surface area contributed by atoms with Gasteiger partial charge < -0.3 is 10.6 Å². The number of benzene rings is 1. The molecule has 0 aromatic heterocycles. The van der Waals surface area contributed by atoms with Crippen LogP contribution in [0.2, 0.25) is 0 Å². The van der Waals surface area contributed by atoms with Crippen molar-refractivity contribution >= 4 is 11.9 Å². The van der Waals surface area contributed by atoms with E-state index in [-0.39, 0.29) is 5.84 Å². The van der Waals surface area contributed by atoms with Gasteiger partial charge >= 0.3 is 12.2 Å². The highest BCUT2D eigenvalue weighted by molar-refractivity contribution is 6.03. The third-order valence-corrected chi connectivity index (χ3v) is 2.72. The number of likely N-dealkylation sites (N-methyl/N-ethyl adjacent to an activating group) is 1. The molecule has 1 atom stereocenters. The molecule has 0 spiro atoms. The van der Waals surface area contributed by atoms with Gasteiger partial charge in [0.15, 0.2) is 0 Å². The fraction of sp³-hybridized carbons (Fsp3) is 0.273. The number of alkyl halides is 3. The van der Waals surface area contributed by atoms with Crippen LogP contribution in [0.5, 0.6) is 0 Å². The van der Waals surface area contributed by atoms with Gasteiger partial charge in [-0.3, -0.25) is 0 Å². The van der Waals surface area contributed by atoms with E-state index in [9.17, 15) is 18.0 Å². The Bertz CT molecular complexity index is 525. The summed E-state index contributed by atoms with van der Waals surface area (Å²) in [4.78, 5) is 16.0. The van der Waals surface area contributed by atoms with Gasteiger partial charge in [-0.15, -0.1) is 0 Å². The van der Waals surface area contributed by atoms with Gasteiger partial charge in [-0.2, -0.15) is 18.2 Å². The molecule has 0 fully saturated rings. The lowest BCUT2D eigenvalue weighted by Crippen LogP contribution is -2.30. The number of rotatable bonds is 1. The van der Waals surface area contributed by atoms with E-state index in [0.29, 0.717) is 5.56 Å². The number of urea groups is 1. The molecule has 96 valence electrons. The molecule has 1 unspecified atom stereocenters.